The Kier molecular flexibility index (Phi) is 3.18. The van der Waals surface area contributed by atoms with Gasteiger partial charge in [0.05, 0.1) is 22.5 Å². The molecule has 4 aliphatic rings. The Labute approximate surface area is 146 Å². The predicted octanol–water partition coefficient (Wildman–Crippen LogP) is 4.36. The van der Waals surface area contributed by atoms with Crippen LogP contribution in [-0.4, -0.2) is 11.8 Å². The van der Waals surface area contributed by atoms with Gasteiger partial charge in [-0.2, -0.15) is 0 Å². The van der Waals surface area contributed by atoms with Gasteiger partial charge in [-0.15, -0.1) is 0 Å². The minimum atomic E-state index is -0.155. The van der Waals surface area contributed by atoms with Crippen LogP contribution >= 0.6 is 11.6 Å². The zero-order valence-electron chi connectivity index (χ0n) is 13.5. The van der Waals surface area contributed by atoms with Gasteiger partial charge in [-0.25, -0.2) is 4.90 Å². The number of rotatable bonds is 1. The molecule has 2 saturated carbocycles. The average Bonchev–Trinajstić information content (AvgIpc) is 3.26. The quantitative estimate of drug-likeness (QED) is 0.562. The summed E-state index contributed by atoms with van der Waals surface area (Å²) in [5.74, 6) is 0.240. The molecule has 3 nitrogen and oxygen atoms in total. The Bertz CT molecular complexity index is 742. The van der Waals surface area contributed by atoms with Gasteiger partial charge in [0.15, 0.2) is 0 Å². The smallest absolute Gasteiger partial charge is 0.238 e. The van der Waals surface area contributed by atoms with E-state index < -0.39 is 0 Å². The summed E-state index contributed by atoms with van der Waals surface area (Å²) in [6.45, 7) is 0. The first kappa shape index (κ1) is 14.7. The molecule has 2 amide bonds. The fraction of sp³-hybridized carbons (Fsp3) is 0.500. The number of hydrogen-bond donors (Lipinski definition) is 0. The molecule has 1 saturated heterocycles. The number of imide groups is 1. The summed E-state index contributed by atoms with van der Waals surface area (Å²) < 4.78 is 0. The molecule has 1 aromatic carbocycles. The zero-order valence-corrected chi connectivity index (χ0v) is 14.3. The van der Waals surface area contributed by atoms with Gasteiger partial charge < -0.3 is 0 Å². The van der Waals surface area contributed by atoms with Crippen molar-refractivity contribution in [1.29, 1.82) is 0 Å². The van der Waals surface area contributed by atoms with Crippen LogP contribution in [0.1, 0.15) is 38.5 Å². The van der Waals surface area contributed by atoms with Gasteiger partial charge in [0.2, 0.25) is 11.8 Å². The monoisotopic (exact) mass is 341 g/mol. The Balaban J connectivity index is 1.63. The van der Waals surface area contributed by atoms with Crippen LogP contribution in [-0.2, 0) is 9.59 Å². The van der Waals surface area contributed by atoms with E-state index in [1.807, 2.05) is 12.1 Å². The molecular formula is C20H20ClNO2. The van der Waals surface area contributed by atoms with Crippen LogP contribution in [0.25, 0.3) is 0 Å². The number of para-hydroxylation sites is 1. The lowest BCUT2D eigenvalue weighted by atomic mass is 9.66. The molecule has 0 N–H and O–H groups in total. The van der Waals surface area contributed by atoms with Crippen LogP contribution in [0, 0.1) is 23.7 Å². The summed E-state index contributed by atoms with van der Waals surface area (Å²) in [6.07, 6.45) is 6.70. The van der Waals surface area contributed by atoms with E-state index in [1.54, 1.807) is 12.1 Å². The Hall–Kier alpha value is -1.61. The van der Waals surface area contributed by atoms with Crippen molar-refractivity contribution in [2.24, 2.45) is 23.7 Å². The number of fused-ring (bicyclic) bond motifs is 5. The number of carbonyl (C=O) groups is 2. The molecule has 4 heteroatoms. The summed E-state index contributed by atoms with van der Waals surface area (Å²) in [7, 11) is 0. The van der Waals surface area contributed by atoms with E-state index in [-0.39, 0.29) is 23.7 Å². The molecule has 4 atom stereocenters. The fourth-order valence-electron chi connectivity index (χ4n) is 5.76. The highest BCUT2D eigenvalue weighted by molar-refractivity contribution is 6.36. The van der Waals surface area contributed by atoms with Crippen LogP contribution < -0.4 is 4.90 Å². The van der Waals surface area contributed by atoms with E-state index >= 15 is 0 Å². The van der Waals surface area contributed by atoms with Crippen molar-refractivity contribution in [1.82, 2.24) is 0 Å². The number of halogens is 1. The van der Waals surface area contributed by atoms with Crippen molar-refractivity contribution in [2.75, 3.05) is 4.90 Å². The molecule has 1 heterocycles. The third kappa shape index (κ3) is 1.79. The minimum absolute atomic E-state index is 0.0200. The molecule has 0 aromatic heterocycles. The Morgan fingerprint density at radius 3 is 1.96 bits per heavy atom. The van der Waals surface area contributed by atoms with E-state index in [4.69, 9.17) is 11.6 Å². The van der Waals surface area contributed by atoms with E-state index in [1.165, 1.54) is 16.0 Å². The molecular weight excluding hydrogens is 322 g/mol. The number of amides is 2. The number of anilines is 1. The maximum absolute atomic E-state index is 13.3. The number of carbonyl (C=O) groups excluding carboxylic acids is 2. The third-order valence-corrected chi connectivity index (χ3v) is 6.91. The van der Waals surface area contributed by atoms with Crippen molar-refractivity contribution in [3.05, 3.63) is 40.4 Å². The molecule has 0 bridgehead atoms. The largest absolute Gasteiger partial charge is 0.274 e. The summed E-state index contributed by atoms with van der Waals surface area (Å²) in [6, 6.07) is 7.20. The van der Waals surface area contributed by atoms with Gasteiger partial charge in [-0.3, -0.25) is 9.59 Å². The number of nitrogens with zero attached hydrogens (tertiary/aromatic N) is 1. The summed E-state index contributed by atoms with van der Waals surface area (Å²) in [5, 5.41) is 0.476. The normalized spacial score (nSPS) is 34.6. The molecule has 1 aromatic rings. The fourth-order valence-corrected chi connectivity index (χ4v) is 5.98. The van der Waals surface area contributed by atoms with Crippen LogP contribution in [0.5, 0.6) is 0 Å². The predicted molar refractivity (Wildman–Crippen MR) is 92.6 cm³/mol. The van der Waals surface area contributed by atoms with Crippen molar-refractivity contribution < 1.29 is 9.59 Å². The Morgan fingerprint density at radius 1 is 0.875 bits per heavy atom. The molecule has 3 fully saturated rings. The summed E-state index contributed by atoms with van der Waals surface area (Å²) in [5.41, 5.74) is 3.62. The van der Waals surface area contributed by atoms with Crippen molar-refractivity contribution in [2.45, 2.75) is 38.5 Å². The van der Waals surface area contributed by atoms with Gasteiger partial charge in [-0.05, 0) is 62.5 Å². The molecule has 0 unspecified atom stereocenters. The highest BCUT2D eigenvalue weighted by atomic mass is 35.5. The lowest BCUT2D eigenvalue weighted by molar-refractivity contribution is -0.122. The molecule has 24 heavy (non-hydrogen) atoms. The molecule has 1 aliphatic heterocycles. The van der Waals surface area contributed by atoms with E-state index in [9.17, 15) is 9.59 Å². The first-order valence-corrected chi connectivity index (χ1v) is 9.40. The van der Waals surface area contributed by atoms with Crippen molar-refractivity contribution >= 4 is 29.1 Å². The maximum Gasteiger partial charge on any atom is 0.238 e. The lowest BCUT2D eigenvalue weighted by Gasteiger charge is -2.34. The van der Waals surface area contributed by atoms with Crippen LogP contribution in [0.4, 0.5) is 5.69 Å². The second-order valence-electron chi connectivity index (χ2n) is 7.56. The highest BCUT2D eigenvalue weighted by Gasteiger charge is 2.59. The number of allylic oxidation sites excluding steroid dienone is 2. The first-order chi connectivity index (χ1) is 11.7. The van der Waals surface area contributed by atoms with Crippen LogP contribution in [0.2, 0.25) is 5.02 Å². The SMILES string of the molecule is O=C1[C@H]2[C@H](C(=O)N1c1ccccc1Cl)[C@@H]1CCCC1=C1CCC[C@H]12. The van der Waals surface area contributed by atoms with Gasteiger partial charge >= 0.3 is 0 Å². The number of hydrogen-bond acceptors (Lipinski definition) is 2. The van der Waals surface area contributed by atoms with Crippen LogP contribution in [0.3, 0.4) is 0 Å². The second kappa shape index (κ2) is 5.19. The third-order valence-electron chi connectivity index (χ3n) is 6.59. The van der Waals surface area contributed by atoms with Gasteiger partial charge in [-0.1, -0.05) is 34.9 Å². The van der Waals surface area contributed by atoms with E-state index in [0.717, 1.165) is 38.5 Å². The first-order valence-electron chi connectivity index (χ1n) is 9.02. The molecule has 0 spiro atoms. The molecule has 5 rings (SSSR count). The average molecular weight is 342 g/mol. The van der Waals surface area contributed by atoms with E-state index in [0.29, 0.717) is 22.5 Å². The topological polar surface area (TPSA) is 37.4 Å². The highest BCUT2D eigenvalue weighted by Crippen LogP contribution is 2.58. The lowest BCUT2D eigenvalue weighted by Crippen LogP contribution is -2.35. The minimum Gasteiger partial charge on any atom is -0.274 e. The summed E-state index contributed by atoms with van der Waals surface area (Å²) >= 11 is 6.30. The number of benzene rings is 1. The van der Waals surface area contributed by atoms with Gasteiger partial charge in [0.25, 0.3) is 0 Å². The van der Waals surface area contributed by atoms with Crippen LogP contribution in [0.15, 0.2) is 35.4 Å². The van der Waals surface area contributed by atoms with Crippen molar-refractivity contribution in [3.8, 4) is 0 Å². The second-order valence-corrected chi connectivity index (χ2v) is 7.97. The standard InChI is InChI=1S/C20H20ClNO2/c21-15-9-1-2-10-16(15)22-19(23)17-13-7-3-5-11(13)12-6-4-8-14(12)18(17)20(22)24/h1-2,9-10,13-14,17-18H,3-8H2/t13-,14-,17-,18-/m1/s1. The van der Waals surface area contributed by atoms with E-state index in [2.05, 4.69) is 0 Å². The maximum atomic E-state index is 13.3. The van der Waals surface area contributed by atoms with Gasteiger partial charge in [0.1, 0.15) is 0 Å². The Morgan fingerprint density at radius 2 is 1.42 bits per heavy atom. The van der Waals surface area contributed by atoms with Gasteiger partial charge in [0, 0.05) is 0 Å². The molecule has 124 valence electrons. The van der Waals surface area contributed by atoms with Crippen molar-refractivity contribution in [3.63, 3.8) is 0 Å². The summed E-state index contributed by atoms with van der Waals surface area (Å²) in [4.78, 5) is 27.9. The molecule has 3 aliphatic carbocycles. The zero-order chi connectivity index (χ0) is 16.4. The molecule has 0 radical (unpaired) electrons.